The van der Waals surface area contributed by atoms with Gasteiger partial charge in [-0.15, -0.1) is 0 Å². The number of rotatable bonds is 6. The van der Waals surface area contributed by atoms with E-state index < -0.39 is 0 Å². The van der Waals surface area contributed by atoms with Crippen LogP contribution in [-0.2, 0) is 11.2 Å². The summed E-state index contributed by atoms with van der Waals surface area (Å²) in [6, 6.07) is 8.91. The van der Waals surface area contributed by atoms with Crippen LogP contribution in [0.15, 0.2) is 42.9 Å². The molecule has 2 unspecified atom stereocenters. The third-order valence-electron chi connectivity index (χ3n) is 8.55. The molecule has 206 valence electrons. The number of carbonyl (C=O) groups is 1. The number of nitrogens with one attached hydrogen (secondary N) is 2. The van der Waals surface area contributed by atoms with Crippen molar-refractivity contribution in [3.05, 3.63) is 54.0 Å². The third-order valence-corrected chi connectivity index (χ3v) is 8.55. The Balaban J connectivity index is 1.16. The van der Waals surface area contributed by atoms with Crippen LogP contribution in [0.3, 0.4) is 0 Å². The molecule has 2 amide bonds. The molecule has 2 saturated heterocycles. The quantitative estimate of drug-likeness (QED) is 0.409. The number of urea groups is 1. The molecule has 2 N–H and O–H groups in total. The summed E-state index contributed by atoms with van der Waals surface area (Å²) in [4.78, 5) is 24.4. The molecule has 39 heavy (non-hydrogen) atoms. The number of benzene rings is 1. The smallest absolute Gasteiger partial charge is 0.317 e. The molecule has 0 radical (unpaired) electrons. The zero-order valence-electron chi connectivity index (χ0n) is 23.0. The van der Waals surface area contributed by atoms with E-state index in [1.165, 1.54) is 11.1 Å². The average molecular weight is 530 g/mol. The minimum atomic E-state index is 0.0478. The van der Waals surface area contributed by atoms with Crippen molar-refractivity contribution < 1.29 is 9.53 Å². The van der Waals surface area contributed by atoms with E-state index in [4.69, 9.17) is 9.72 Å². The number of ether oxygens (including phenoxy) is 1. The van der Waals surface area contributed by atoms with E-state index in [0.717, 1.165) is 75.2 Å². The lowest BCUT2D eigenvalue weighted by Crippen LogP contribution is -2.40. The van der Waals surface area contributed by atoms with E-state index in [9.17, 15) is 4.79 Å². The van der Waals surface area contributed by atoms with Crippen molar-refractivity contribution in [2.45, 2.75) is 64.5 Å². The van der Waals surface area contributed by atoms with Gasteiger partial charge in [0.15, 0.2) is 0 Å². The number of aromatic nitrogens is 4. The lowest BCUT2D eigenvalue weighted by molar-refractivity contribution is 0.184. The summed E-state index contributed by atoms with van der Waals surface area (Å²) >= 11 is 0. The molecule has 0 bridgehead atoms. The summed E-state index contributed by atoms with van der Waals surface area (Å²) in [6.07, 6.45) is 11.9. The molecule has 0 saturated carbocycles. The second-order valence-electron chi connectivity index (χ2n) is 11.5. The minimum Gasteiger partial charge on any atom is -0.379 e. The first kappa shape index (κ1) is 25.8. The van der Waals surface area contributed by atoms with Crippen LogP contribution in [0.25, 0.3) is 11.3 Å². The Morgan fingerprint density at radius 2 is 2.08 bits per heavy atom. The van der Waals surface area contributed by atoms with Gasteiger partial charge in [0.05, 0.1) is 36.3 Å². The van der Waals surface area contributed by atoms with Crippen molar-refractivity contribution in [3.63, 3.8) is 0 Å². The van der Waals surface area contributed by atoms with E-state index in [1.54, 1.807) is 12.4 Å². The van der Waals surface area contributed by atoms with Crippen molar-refractivity contribution >= 4 is 17.7 Å². The summed E-state index contributed by atoms with van der Waals surface area (Å²) in [5.74, 6) is 1.76. The number of amides is 2. The maximum Gasteiger partial charge on any atom is 0.317 e. The number of likely N-dealkylation sites (tertiary alicyclic amines) is 1. The van der Waals surface area contributed by atoms with Crippen molar-refractivity contribution in [1.29, 1.82) is 0 Å². The van der Waals surface area contributed by atoms with Crippen LogP contribution in [0.4, 0.5) is 16.4 Å². The second-order valence-corrected chi connectivity index (χ2v) is 11.5. The normalized spacial score (nSPS) is 23.1. The van der Waals surface area contributed by atoms with Gasteiger partial charge < -0.3 is 20.3 Å². The fraction of sp³-hybridized carbons (Fsp3) is 0.533. The second kappa shape index (κ2) is 11.3. The Morgan fingerprint density at radius 1 is 1.15 bits per heavy atom. The molecule has 9 heteroatoms. The predicted octanol–water partition coefficient (Wildman–Crippen LogP) is 5.50. The Morgan fingerprint density at radius 3 is 2.90 bits per heavy atom. The number of aryl methyl sites for hydroxylation is 1. The Kier molecular flexibility index (Phi) is 7.50. The molecule has 3 aromatic rings. The lowest BCUT2D eigenvalue weighted by Gasteiger charge is -2.25. The molecular formula is C30H39N7O2. The molecule has 0 spiro atoms. The van der Waals surface area contributed by atoms with Gasteiger partial charge in [-0.25, -0.2) is 14.8 Å². The molecule has 1 aromatic carbocycles. The van der Waals surface area contributed by atoms with Gasteiger partial charge >= 0.3 is 6.03 Å². The van der Waals surface area contributed by atoms with Crippen molar-refractivity contribution in [3.8, 4) is 11.3 Å². The summed E-state index contributed by atoms with van der Waals surface area (Å²) < 4.78 is 7.43. The largest absolute Gasteiger partial charge is 0.379 e. The van der Waals surface area contributed by atoms with Gasteiger partial charge in [0, 0.05) is 37.7 Å². The Labute approximate surface area is 230 Å². The molecule has 9 nitrogen and oxygen atoms in total. The van der Waals surface area contributed by atoms with Crippen LogP contribution in [0.5, 0.6) is 0 Å². The van der Waals surface area contributed by atoms with Crippen LogP contribution in [0.2, 0.25) is 0 Å². The van der Waals surface area contributed by atoms with Crippen LogP contribution in [0, 0.1) is 11.8 Å². The predicted molar refractivity (Wildman–Crippen MR) is 151 cm³/mol. The van der Waals surface area contributed by atoms with Gasteiger partial charge in [-0.3, -0.25) is 4.68 Å². The first-order valence-corrected chi connectivity index (χ1v) is 14.4. The van der Waals surface area contributed by atoms with Gasteiger partial charge in [0.1, 0.15) is 0 Å². The zero-order valence-corrected chi connectivity index (χ0v) is 23.0. The summed E-state index contributed by atoms with van der Waals surface area (Å²) in [7, 11) is 0. The molecule has 2 fully saturated rings. The first-order valence-electron chi connectivity index (χ1n) is 14.4. The highest BCUT2D eigenvalue weighted by Crippen LogP contribution is 2.33. The number of fused-ring (bicyclic) bond motifs is 1. The lowest BCUT2D eigenvalue weighted by atomic mass is 9.95. The van der Waals surface area contributed by atoms with Gasteiger partial charge in [-0.1, -0.05) is 32.4 Å². The highest BCUT2D eigenvalue weighted by Gasteiger charge is 2.30. The fourth-order valence-corrected chi connectivity index (χ4v) is 6.09. The summed E-state index contributed by atoms with van der Waals surface area (Å²) in [6.45, 7) is 7.70. The minimum absolute atomic E-state index is 0.0478. The third kappa shape index (κ3) is 5.78. The first-order chi connectivity index (χ1) is 19.0. The highest BCUT2D eigenvalue weighted by atomic mass is 16.5. The van der Waals surface area contributed by atoms with Crippen molar-refractivity contribution in [1.82, 2.24) is 30.0 Å². The molecule has 2 aliphatic heterocycles. The van der Waals surface area contributed by atoms with Crippen LogP contribution in [-0.4, -0.2) is 57.0 Å². The van der Waals surface area contributed by atoms with Crippen LogP contribution in [0.1, 0.15) is 69.2 Å². The van der Waals surface area contributed by atoms with E-state index in [2.05, 4.69) is 52.8 Å². The number of carbonyl (C=O) groups excluding carboxylic acids is 1. The molecule has 6 rings (SSSR count). The molecule has 2 aromatic heterocycles. The van der Waals surface area contributed by atoms with E-state index in [0.29, 0.717) is 24.4 Å². The maximum atomic E-state index is 13.1. The zero-order chi connectivity index (χ0) is 26.8. The summed E-state index contributed by atoms with van der Waals surface area (Å²) in [5, 5.41) is 11.1. The van der Waals surface area contributed by atoms with Gasteiger partial charge in [-0.05, 0) is 67.2 Å². The van der Waals surface area contributed by atoms with Gasteiger partial charge in [0.2, 0.25) is 5.95 Å². The SMILES string of the molecule is CC(C)C1CCN(C(=O)NC2CCCCc3cc(-c4ccnc(Nc5cnn([C@H]6CCOC6)c5)n4)ccc32)C1. The molecular weight excluding hydrogens is 490 g/mol. The topological polar surface area (TPSA) is 97.2 Å². The van der Waals surface area contributed by atoms with Crippen LogP contribution >= 0.6 is 0 Å². The monoisotopic (exact) mass is 529 g/mol. The van der Waals surface area contributed by atoms with Gasteiger partial charge in [0.25, 0.3) is 0 Å². The van der Waals surface area contributed by atoms with Crippen molar-refractivity contribution in [2.24, 2.45) is 11.8 Å². The number of nitrogens with zero attached hydrogens (tertiary/aromatic N) is 5. The Hall–Kier alpha value is -3.46. The molecule has 3 atom stereocenters. The van der Waals surface area contributed by atoms with E-state index in [1.807, 2.05) is 21.8 Å². The Bertz CT molecular complexity index is 1300. The number of hydrogen-bond acceptors (Lipinski definition) is 6. The van der Waals surface area contributed by atoms with E-state index >= 15 is 0 Å². The molecule has 1 aliphatic carbocycles. The van der Waals surface area contributed by atoms with Gasteiger partial charge in [-0.2, -0.15) is 5.10 Å². The summed E-state index contributed by atoms with van der Waals surface area (Å²) in [5.41, 5.74) is 5.32. The highest BCUT2D eigenvalue weighted by molar-refractivity contribution is 5.75. The van der Waals surface area contributed by atoms with Crippen LogP contribution < -0.4 is 10.6 Å². The molecule has 3 aliphatic rings. The molecule has 4 heterocycles. The number of hydrogen-bond donors (Lipinski definition) is 2. The standard InChI is InChI=1S/C30H39N7O2/c1-20(2)23-10-13-36(17-23)30(38)35-28-6-4-3-5-21-15-22(7-8-26(21)28)27-9-12-31-29(34-27)33-24-16-32-37(18-24)25-11-14-39-19-25/h7-9,12,15-16,18,20,23,25,28H,3-6,10-11,13-14,17,19H2,1-2H3,(H,35,38)(H,31,33,34)/t23?,25-,28?/m0/s1. The fourth-order valence-electron chi connectivity index (χ4n) is 6.09. The van der Waals surface area contributed by atoms with E-state index in [-0.39, 0.29) is 18.1 Å². The maximum absolute atomic E-state index is 13.1. The average Bonchev–Trinajstić information content (AvgIpc) is 3.71. The number of anilines is 2. The van der Waals surface area contributed by atoms with Crippen molar-refractivity contribution in [2.75, 3.05) is 31.6 Å².